The number of fused-ring (bicyclic) bond motifs is 1. The predicted octanol–water partition coefficient (Wildman–Crippen LogP) is 6.92. The molecular formula is C33H33ClN2O4S. The van der Waals surface area contributed by atoms with E-state index in [1.807, 2.05) is 56.3 Å². The quantitative estimate of drug-likeness (QED) is 0.209. The molecule has 0 radical (unpaired) electrons. The Morgan fingerprint density at radius 2 is 1.90 bits per heavy atom. The fraction of sp³-hybridized carbons (Fsp3) is 0.303. The molecule has 212 valence electrons. The molecule has 1 aliphatic rings. The third kappa shape index (κ3) is 5.74. The molecule has 6 nitrogen and oxygen atoms in total. The Morgan fingerprint density at radius 3 is 2.59 bits per heavy atom. The van der Waals surface area contributed by atoms with Gasteiger partial charge in [-0.25, -0.2) is 9.79 Å². The van der Waals surface area contributed by atoms with Crippen LogP contribution in [0.1, 0.15) is 74.9 Å². The molecule has 1 aliphatic heterocycles. The highest BCUT2D eigenvalue weighted by molar-refractivity contribution is 7.07. The second kappa shape index (κ2) is 12.0. The second-order valence-electron chi connectivity index (χ2n) is 10.4. The number of rotatable bonds is 8. The van der Waals surface area contributed by atoms with Crippen LogP contribution in [0.5, 0.6) is 0 Å². The van der Waals surface area contributed by atoms with Crippen molar-refractivity contribution in [2.24, 2.45) is 4.99 Å². The van der Waals surface area contributed by atoms with E-state index in [-0.39, 0.29) is 12.2 Å². The number of nitrogens with zero attached hydrogens (tertiary/aromatic N) is 2. The highest BCUT2D eigenvalue weighted by atomic mass is 35.5. The smallest absolute Gasteiger partial charge is 0.338 e. The molecule has 1 atom stereocenters. The van der Waals surface area contributed by atoms with Crippen LogP contribution in [0.25, 0.3) is 17.4 Å². The Bertz CT molecular complexity index is 1810. The van der Waals surface area contributed by atoms with Crippen LogP contribution in [0, 0.1) is 6.92 Å². The predicted molar refractivity (Wildman–Crippen MR) is 164 cm³/mol. The van der Waals surface area contributed by atoms with Gasteiger partial charge in [-0.2, -0.15) is 0 Å². The Morgan fingerprint density at radius 1 is 1.15 bits per heavy atom. The first-order valence-corrected chi connectivity index (χ1v) is 15.1. The van der Waals surface area contributed by atoms with E-state index in [1.165, 1.54) is 16.9 Å². The molecule has 3 heterocycles. The number of halogens is 1. The van der Waals surface area contributed by atoms with Crippen LogP contribution >= 0.6 is 22.9 Å². The normalized spacial score (nSPS) is 15.3. The summed E-state index contributed by atoms with van der Waals surface area (Å²) in [7, 11) is 0. The van der Waals surface area contributed by atoms with Crippen LogP contribution in [0.4, 0.5) is 0 Å². The molecule has 2 aromatic carbocycles. The molecule has 0 amide bonds. The summed E-state index contributed by atoms with van der Waals surface area (Å²) in [6.07, 6.45) is 3.13. The van der Waals surface area contributed by atoms with Crippen LogP contribution in [-0.4, -0.2) is 17.1 Å². The number of carbonyl (C=O) groups is 1. The van der Waals surface area contributed by atoms with Gasteiger partial charge >= 0.3 is 5.97 Å². The van der Waals surface area contributed by atoms with E-state index in [4.69, 9.17) is 25.7 Å². The number of allylic oxidation sites excluding steroid dienone is 1. The van der Waals surface area contributed by atoms with Gasteiger partial charge in [-0.3, -0.25) is 9.36 Å². The number of ether oxygens (including phenoxy) is 1. The highest BCUT2D eigenvalue weighted by Gasteiger charge is 2.34. The summed E-state index contributed by atoms with van der Waals surface area (Å²) in [5.41, 5.74) is 4.79. The average Bonchev–Trinajstić information content (AvgIpc) is 3.54. The van der Waals surface area contributed by atoms with Crippen molar-refractivity contribution in [2.45, 2.75) is 59.4 Å². The van der Waals surface area contributed by atoms with Gasteiger partial charge in [0.2, 0.25) is 0 Å². The zero-order chi connectivity index (χ0) is 29.3. The molecule has 0 bridgehead atoms. The molecule has 0 fully saturated rings. The lowest BCUT2D eigenvalue weighted by molar-refractivity contribution is -0.139. The molecule has 5 rings (SSSR count). The van der Waals surface area contributed by atoms with Gasteiger partial charge in [-0.1, -0.05) is 80.5 Å². The first-order chi connectivity index (χ1) is 19.7. The third-order valence-electron chi connectivity index (χ3n) is 7.18. The maximum atomic E-state index is 14.0. The third-order valence-corrected chi connectivity index (χ3v) is 8.39. The number of hydrogen-bond donors (Lipinski definition) is 0. The van der Waals surface area contributed by atoms with Gasteiger partial charge < -0.3 is 9.15 Å². The second-order valence-corrected chi connectivity index (χ2v) is 11.8. The zero-order valence-electron chi connectivity index (χ0n) is 23.9. The topological polar surface area (TPSA) is 73.8 Å². The molecule has 0 saturated heterocycles. The molecule has 41 heavy (non-hydrogen) atoms. The van der Waals surface area contributed by atoms with Gasteiger partial charge in [-0.05, 0) is 67.1 Å². The van der Waals surface area contributed by atoms with Gasteiger partial charge in [-0.15, -0.1) is 0 Å². The molecule has 2 aromatic heterocycles. The summed E-state index contributed by atoms with van der Waals surface area (Å²) >= 11 is 7.51. The maximum absolute atomic E-state index is 14.0. The van der Waals surface area contributed by atoms with Gasteiger partial charge in [0.05, 0.1) is 28.5 Å². The van der Waals surface area contributed by atoms with Gasteiger partial charge in [0.15, 0.2) is 4.80 Å². The number of aromatic nitrogens is 1. The summed E-state index contributed by atoms with van der Waals surface area (Å²) in [5, 5.41) is 0.624. The van der Waals surface area contributed by atoms with E-state index in [1.54, 1.807) is 17.6 Å². The highest BCUT2D eigenvalue weighted by Crippen LogP contribution is 2.33. The largest absolute Gasteiger partial charge is 0.463 e. The van der Waals surface area contributed by atoms with E-state index >= 15 is 0 Å². The van der Waals surface area contributed by atoms with Crippen LogP contribution in [0.3, 0.4) is 0 Å². The Kier molecular flexibility index (Phi) is 8.47. The lowest BCUT2D eigenvalue weighted by Crippen LogP contribution is -2.40. The van der Waals surface area contributed by atoms with E-state index in [0.717, 1.165) is 23.1 Å². The lowest BCUT2D eigenvalue weighted by atomic mass is 9.92. The minimum absolute atomic E-state index is 0.234. The number of hydrogen-bond acceptors (Lipinski definition) is 6. The van der Waals surface area contributed by atoms with E-state index in [0.29, 0.717) is 49.5 Å². The van der Waals surface area contributed by atoms with Crippen molar-refractivity contribution < 1.29 is 13.9 Å². The first kappa shape index (κ1) is 28.8. The molecular weight excluding hydrogens is 556 g/mol. The molecule has 0 aliphatic carbocycles. The lowest BCUT2D eigenvalue weighted by Gasteiger charge is -2.26. The number of carbonyl (C=O) groups excluding carboxylic acids is 1. The van der Waals surface area contributed by atoms with Crippen molar-refractivity contribution >= 4 is 35.0 Å². The molecule has 0 N–H and O–H groups in total. The van der Waals surface area contributed by atoms with Crippen molar-refractivity contribution in [3.05, 3.63) is 113 Å². The number of esters is 1. The maximum Gasteiger partial charge on any atom is 0.338 e. The van der Waals surface area contributed by atoms with Crippen molar-refractivity contribution in [3.63, 3.8) is 0 Å². The van der Waals surface area contributed by atoms with Gasteiger partial charge in [0, 0.05) is 16.7 Å². The summed E-state index contributed by atoms with van der Waals surface area (Å²) in [5.74, 6) is 1.12. The molecule has 0 saturated carbocycles. The van der Waals surface area contributed by atoms with Gasteiger partial charge in [0.1, 0.15) is 11.5 Å². The first-order valence-electron chi connectivity index (χ1n) is 13.9. The summed E-state index contributed by atoms with van der Waals surface area (Å²) in [4.78, 5) is 32.7. The summed E-state index contributed by atoms with van der Waals surface area (Å²) in [6, 6.07) is 16.8. The van der Waals surface area contributed by atoms with E-state index in [2.05, 4.69) is 26.0 Å². The molecule has 8 heteroatoms. The SMILES string of the molecule is CCCC1=C(C(=O)OCC)[C@@H](c2ccc(C(C)C)cc2)n2c(s/c(=C\c3ccc(-c4cc(Cl)ccc4C)o3)c2=O)=N1. The fourth-order valence-corrected chi connectivity index (χ4v) is 6.24. The monoisotopic (exact) mass is 588 g/mol. The minimum Gasteiger partial charge on any atom is -0.463 e. The van der Waals surface area contributed by atoms with Crippen LogP contribution in [0.2, 0.25) is 5.02 Å². The van der Waals surface area contributed by atoms with Crippen LogP contribution < -0.4 is 14.9 Å². The number of thiazole rings is 1. The Balaban J connectivity index is 1.67. The number of benzene rings is 2. The Labute approximate surface area is 248 Å². The van der Waals surface area contributed by atoms with Crippen LogP contribution in [-0.2, 0) is 9.53 Å². The molecule has 4 aromatic rings. The van der Waals surface area contributed by atoms with E-state index < -0.39 is 12.0 Å². The summed E-state index contributed by atoms with van der Waals surface area (Å²) in [6.45, 7) is 10.3. The standard InChI is InChI=1S/C33H33ClN2O4S/c1-6-8-26-29(32(38)39-7-2)30(22-12-10-21(11-13-22)19(3)4)36-31(37)28(41-33(36)35-26)18-24-15-16-27(40-24)25-17-23(34)14-9-20(25)5/h9-19,30H,6-8H2,1-5H3/b28-18-/t30-/m1/s1. The van der Waals surface area contributed by atoms with Crippen LogP contribution in [0.15, 0.2) is 80.1 Å². The number of furan rings is 1. The van der Waals surface area contributed by atoms with E-state index in [9.17, 15) is 9.59 Å². The van der Waals surface area contributed by atoms with Gasteiger partial charge in [0.25, 0.3) is 5.56 Å². The van der Waals surface area contributed by atoms with Crippen molar-refractivity contribution in [2.75, 3.05) is 6.61 Å². The minimum atomic E-state index is -0.642. The Hall–Kier alpha value is -3.68. The fourth-order valence-electron chi connectivity index (χ4n) is 5.06. The van der Waals surface area contributed by atoms with Crippen molar-refractivity contribution in [3.8, 4) is 11.3 Å². The van der Waals surface area contributed by atoms with Crippen molar-refractivity contribution in [1.82, 2.24) is 4.57 Å². The number of aryl methyl sites for hydroxylation is 1. The molecule has 0 unspecified atom stereocenters. The zero-order valence-corrected chi connectivity index (χ0v) is 25.4. The summed E-state index contributed by atoms with van der Waals surface area (Å²) < 4.78 is 13.7. The molecule has 0 spiro atoms. The average molecular weight is 589 g/mol. The van der Waals surface area contributed by atoms with Crippen molar-refractivity contribution in [1.29, 1.82) is 0 Å².